The number of ether oxygens (including phenoxy) is 2. The molecule has 0 amide bonds. The highest BCUT2D eigenvalue weighted by atomic mass is 16.5. The van der Waals surface area contributed by atoms with Gasteiger partial charge < -0.3 is 9.47 Å². The van der Waals surface area contributed by atoms with E-state index in [0.717, 1.165) is 19.3 Å². The molecule has 0 aromatic rings. The van der Waals surface area contributed by atoms with Gasteiger partial charge in [0, 0.05) is 13.5 Å². The molecule has 0 saturated carbocycles. The van der Waals surface area contributed by atoms with Gasteiger partial charge >= 0.3 is 5.97 Å². The number of carbonyl (C=O) groups excluding carboxylic acids is 1. The molecule has 3 nitrogen and oxygen atoms in total. The van der Waals surface area contributed by atoms with Gasteiger partial charge in [0.15, 0.2) is 0 Å². The molecule has 0 spiro atoms. The van der Waals surface area contributed by atoms with Crippen LogP contribution in [0.1, 0.15) is 53.4 Å². The summed E-state index contributed by atoms with van der Waals surface area (Å²) < 4.78 is 10.3. The van der Waals surface area contributed by atoms with Gasteiger partial charge in [-0.3, -0.25) is 4.79 Å². The fourth-order valence-corrected chi connectivity index (χ4v) is 1.58. The number of rotatable bonds is 8. The molecule has 0 radical (unpaired) electrons. The summed E-state index contributed by atoms with van der Waals surface area (Å²) in [6.45, 7) is 8.58. The van der Waals surface area contributed by atoms with E-state index in [9.17, 15) is 4.79 Å². The fourth-order valence-electron chi connectivity index (χ4n) is 1.58. The standard InChI is InChI=1S/C13H26O3/c1-6-16-12(14)10-11(2)8-7-9-13(3,4)15-5/h11H,6-10H2,1-5H3. The van der Waals surface area contributed by atoms with Crippen LogP contribution in [-0.2, 0) is 14.3 Å². The number of methoxy groups -OCH3 is 1. The van der Waals surface area contributed by atoms with Crippen molar-refractivity contribution in [1.82, 2.24) is 0 Å². The zero-order chi connectivity index (χ0) is 12.6. The SMILES string of the molecule is CCOC(=O)CC(C)CCCC(C)(C)OC. The molecule has 0 aliphatic rings. The highest BCUT2D eigenvalue weighted by Crippen LogP contribution is 2.20. The summed E-state index contributed by atoms with van der Waals surface area (Å²) in [6.07, 6.45) is 3.69. The van der Waals surface area contributed by atoms with Crippen molar-refractivity contribution in [2.45, 2.75) is 59.0 Å². The molecule has 0 rings (SSSR count). The average Bonchev–Trinajstić information content (AvgIpc) is 2.17. The molecule has 0 aliphatic heterocycles. The number of hydrogen-bond donors (Lipinski definition) is 0. The van der Waals surface area contributed by atoms with Gasteiger partial charge in [-0.15, -0.1) is 0 Å². The van der Waals surface area contributed by atoms with Crippen molar-refractivity contribution in [3.63, 3.8) is 0 Å². The first-order valence-corrected chi connectivity index (χ1v) is 6.12. The number of hydrogen-bond acceptors (Lipinski definition) is 3. The van der Waals surface area contributed by atoms with Crippen molar-refractivity contribution in [2.75, 3.05) is 13.7 Å². The van der Waals surface area contributed by atoms with E-state index in [1.165, 1.54) is 0 Å². The molecule has 1 unspecified atom stereocenters. The summed E-state index contributed by atoms with van der Waals surface area (Å²) in [4.78, 5) is 11.2. The molecule has 0 N–H and O–H groups in total. The molecule has 0 aliphatic carbocycles. The zero-order valence-electron chi connectivity index (χ0n) is 11.3. The summed E-state index contributed by atoms with van der Waals surface area (Å²) in [7, 11) is 1.74. The van der Waals surface area contributed by atoms with Crippen molar-refractivity contribution in [2.24, 2.45) is 5.92 Å². The quantitative estimate of drug-likeness (QED) is 0.601. The lowest BCUT2D eigenvalue weighted by Crippen LogP contribution is -2.22. The molecule has 0 heterocycles. The predicted octanol–water partition coefficient (Wildman–Crippen LogP) is 3.17. The molecule has 0 fully saturated rings. The fraction of sp³-hybridized carbons (Fsp3) is 0.923. The third-order valence-corrected chi connectivity index (χ3v) is 2.85. The third-order valence-electron chi connectivity index (χ3n) is 2.85. The van der Waals surface area contributed by atoms with Crippen molar-refractivity contribution in [1.29, 1.82) is 0 Å². The highest BCUT2D eigenvalue weighted by molar-refractivity contribution is 5.69. The van der Waals surface area contributed by atoms with Crippen LogP contribution in [0.3, 0.4) is 0 Å². The Balaban J connectivity index is 3.65. The van der Waals surface area contributed by atoms with Gasteiger partial charge in [0.1, 0.15) is 0 Å². The Kier molecular flexibility index (Phi) is 7.39. The molecule has 0 saturated heterocycles. The Bertz CT molecular complexity index is 199. The molecule has 16 heavy (non-hydrogen) atoms. The molecule has 0 aromatic carbocycles. The normalized spacial score (nSPS) is 13.6. The van der Waals surface area contributed by atoms with Crippen molar-refractivity contribution in [3.8, 4) is 0 Å². The van der Waals surface area contributed by atoms with Crippen LogP contribution in [0.5, 0.6) is 0 Å². The van der Waals surface area contributed by atoms with Crippen molar-refractivity contribution < 1.29 is 14.3 Å². The first-order valence-electron chi connectivity index (χ1n) is 6.12. The van der Waals surface area contributed by atoms with Crippen LogP contribution in [0.15, 0.2) is 0 Å². The van der Waals surface area contributed by atoms with Gasteiger partial charge in [-0.25, -0.2) is 0 Å². The lowest BCUT2D eigenvalue weighted by Gasteiger charge is -2.23. The maximum Gasteiger partial charge on any atom is 0.306 e. The van der Waals surface area contributed by atoms with Crippen molar-refractivity contribution >= 4 is 5.97 Å². The van der Waals surface area contributed by atoms with Crippen LogP contribution in [0.25, 0.3) is 0 Å². The van der Waals surface area contributed by atoms with E-state index in [2.05, 4.69) is 20.8 Å². The van der Waals surface area contributed by atoms with E-state index < -0.39 is 0 Å². The second kappa shape index (κ2) is 7.66. The first kappa shape index (κ1) is 15.4. The maximum atomic E-state index is 11.2. The van der Waals surface area contributed by atoms with Crippen LogP contribution in [-0.4, -0.2) is 25.3 Å². The van der Waals surface area contributed by atoms with Crippen LogP contribution in [0, 0.1) is 5.92 Å². The maximum absolute atomic E-state index is 11.2. The highest BCUT2D eigenvalue weighted by Gasteiger charge is 2.17. The Morgan fingerprint density at radius 3 is 2.50 bits per heavy atom. The minimum absolute atomic E-state index is 0.0519. The van der Waals surface area contributed by atoms with Gasteiger partial charge in [-0.05, 0) is 33.1 Å². The molecule has 3 heteroatoms. The minimum atomic E-state index is -0.0824. The Morgan fingerprint density at radius 2 is 2.00 bits per heavy atom. The summed E-state index contributed by atoms with van der Waals surface area (Å²) in [5, 5.41) is 0. The summed E-state index contributed by atoms with van der Waals surface area (Å²) in [5.74, 6) is 0.313. The number of esters is 1. The summed E-state index contributed by atoms with van der Waals surface area (Å²) >= 11 is 0. The largest absolute Gasteiger partial charge is 0.466 e. The van der Waals surface area contributed by atoms with Crippen LogP contribution in [0.2, 0.25) is 0 Å². The van der Waals surface area contributed by atoms with Crippen LogP contribution < -0.4 is 0 Å². The van der Waals surface area contributed by atoms with Crippen molar-refractivity contribution in [3.05, 3.63) is 0 Å². The second-order valence-corrected chi connectivity index (χ2v) is 4.97. The van der Waals surface area contributed by atoms with Gasteiger partial charge in [-0.1, -0.05) is 19.8 Å². The lowest BCUT2D eigenvalue weighted by atomic mass is 9.95. The number of carbonyl (C=O) groups is 1. The Labute approximate surface area is 99.5 Å². The van der Waals surface area contributed by atoms with E-state index in [0.29, 0.717) is 18.9 Å². The zero-order valence-corrected chi connectivity index (χ0v) is 11.3. The Hall–Kier alpha value is -0.570. The average molecular weight is 230 g/mol. The van der Waals surface area contributed by atoms with Gasteiger partial charge in [-0.2, -0.15) is 0 Å². The molecule has 0 bridgehead atoms. The van der Waals surface area contributed by atoms with E-state index in [1.807, 2.05) is 6.92 Å². The summed E-state index contributed by atoms with van der Waals surface area (Å²) in [5.41, 5.74) is -0.0519. The third kappa shape index (κ3) is 7.69. The topological polar surface area (TPSA) is 35.5 Å². The molecule has 96 valence electrons. The molecular weight excluding hydrogens is 204 g/mol. The second-order valence-electron chi connectivity index (χ2n) is 4.97. The van der Waals surface area contributed by atoms with Gasteiger partial charge in [0.05, 0.1) is 12.2 Å². The molecular formula is C13H26O3. The van der Waals surface area contributed by atoms with Gasteiger partial charge in [0.25, 0.3) is 0 Å². The predicted molar refractivity (Wildman–Crippen MR) is 65.4 cm³/mol. The molecule has 0 aromatic heterocycles. The smallest absolute Gasteiger partial charge is 0.306 e. The molecule has 1 atom stereocenters. The minimum Gasteiger partial charge on any atom is -0.466 e. The summed E-state index contributed by atoms with van der Waals surface area (Å²) in [6, 6.07) is 0. The lowest BCUT2D eigenvalue weighted by molar-refractivity contribution is -0.144. The van der Waals surface area contributed by atoms with Gasteiger partial charge in [0.2, 0.25) is 0 Å². The van der Waals surface area contributed by atoms with E-state index in [4.69, 9.17) is 9.47 Å². The monoisotopic (exact) mass is 230 g/mol. The van der Waals surface area contributed by atoms with Crippen LogP contribution in [0.4, 0.5) is 0 Å². The Morgan fingerprint density at radius 1 is 1.38 bits per heavy atom. The van der Waals surface area contributed by atoms with Crippen LogP contribution >= 0.6 is 0 Å². The first-order chi connectivity index (χ1) is 7.41. The van der Waals surface area contributed by atoms with E-state index in [-0.39, 0.29) is 11.6 Å². The van der Waals surface area contributed by atoms with E-state index >= 15 is 0 Å². The van der Waals surface area contributed by atoms with E-state index in [1.54, 1.807) is 7.11 Å².